The number of para-hydroxylation sites is 1. The monoisotopic (exact) mass is 223 g/mol. The average Bonchev–Trinajstić information content (AvgIpc) is 2.54. The SMILES string of the molecule is CCc1cc2ccccc2n1S(C)(=O)=O. The maximum atomic E-state index is 11.7. The lowest BCUT2D eigenvalue weighted by Gasteiger charge is -2.05. The Morgan fingerprint density at radius 1 is 1.27 bits per heavy atom. The fourth-order valence-electron chi connectivity index (χ4n) is 1.82. The third kappa shape index (κ3) is 1.65. The van der Waals surface area contributed by atoms with Crippen LogP contribution in [0, 0.1) is 0 Å². The molecule has 0 fully saturated rings. The van der Waals surface area contributed by atoms with Crippen LogP contribution in [0.4, 0.5) is 0 Å². The quantitative estimate of drug-likeness (QED) is 0.781. The number of nitrogens with zero attached hydrogens (tertiary/aromatic N) is 1. The van der Waals surface area contributed by atoms with Gasteiger partial charge in [-0.3, -0.25) is 0 Å². The molecule has 0 aliphatic heterocycles. The molecule has 0 atom stereocenters. The molecule has 0 radical (unpaired) electrons. The summed E-state index contributed by atoms with van der Waals surface area (Å²) in [6, 6.07) is 9.44. The van der Waals surface area contributed by atoms with Crippen LogP contribution >= 0.6 is 0 Å². The van der Waals surface area contributed by atoms with Gasteiger partial charge in [0.2, 0.25) is 10.0 Å². The fraction of sp³-hybridized carbons (Fsp3) is 0.273. The van der Waals surface area contributed by atoms with Crippen LogP contribution in [-0.2, 0) is 16.4 Å². The Balaban J connectivity index is 2.91. The molecule has 1 aromatic heterocycles. The second kappa shape index (κ2) is 3.38. The molecule has 0 saturated carbocycles. The van der Waals surface area contributed by atoms with Gasteiger partial charge in [0, 0.05) is 11.1 Å². The summed E-state index contributed by atoms with van der Waals surface area (Å²) in [6.07, 6.45) is 1.94. The highest BCUT2D eigenvalue weighted by atomic mass is 32.2. The molecule has 2 rings (SSSR count). The Kier molecular flexibility index (Phi) is 2.31. The van der Waals surface area contributed by atoms with Gasteiger partial charge in [-0.05, 0) is 18.6 Å². The maximum Gasteiger partial charge on any atom is 0.236 e. The molecule has 0 N–H and O–H groups in total. The molecule has 0 aliphatic carbocycles. The summed E-state index contributed by atoms with van der Waals surface area (Å²) in [4.78, 5) is 0. The summed E-state index contributed by atoms with van der Waals surface area (Å²) < 4.78 is 24.7. The molecular weight excluding hydrogens is 210 g/mol. The Bertz CT molecular complexity index is 596. The number of aryl methyl sites for hydroxylation is 1. The molecule has 15 heavy (non-hydrogen) atoms. The van der Waals surface area contributed by atoms with Gasteiger partial charge in [0.25, 0.3) is 0 Å². The minimum atomic E-state index is -3.21. The van der Waals surface area contributed by atoms with Crippen LogP contribution in [0.5, 0.6) is 0 Å². The zero-order chi connectivity index (χ0) is 11.1. The lowest BCUT2D eigenvalue weighted by molar-refractivity contribution is 0.593. The van der Waals surface area contributed by atoms with Crippen LogP contribution in [0.3, 0.4) is 0 Å². The summed E-state index contributed by atoms with van der Waals surface area (Å²) in [6.45, 7) is 1.95. The topological polar surface area (TPSA) is 39.1 Å². The molecule has 3 nitrogen and oxygen atoms in total. The predicted molar refractivity (Wildman–Crippen MR) is 61.6 cm³/mol. The Labute approximate surface area is 89.4 Å². The predicted octanol–water partition coefficient (Wildman–Crippen LogP) is 2.01. The highest BCUT2D eigenvalue weighted by Crippen LogP contribution is 2.21. The first-order valence-corrected chi connectivity index (χ1v) is 6.69. The van der Waals surface area contributed by atoms with Crippen molar-refractivity contribution in [2.24, 2.45) is 0 Å². The van der Waals surface area contributed by atoms with E-state index in [0.29, 0.717) is 6.42 Å². The second-order valence-corrected chi connectivity index (χ2v) is 5.41. The first-order valence-electron chi connectivity index (χ1n) is 4.84. The molecule has 80 valence electrons. The Morgan fingerprint density at radius 2 is 1.93 bits per heavy atom. The van der Waals surface area contributed by atoms with Crippen molar-refractivity contribution in [2.45, 2.75) is 13.3 Å². The molecule has 0 aliphatic rings. The lowest BCUT2D eigenvalue weighted by Crippen LogP contribution is -2.12. The second-order valence-electron chi connectivity index (χ2n) is 3.58. The van der Waals surface area contributed by atoms with Gasteiger partial charge in [-0.2, -0.15) is 0 Å². The summed E-state index contributed by atoms with van der Waals surface area (Å²) in [5, 5.41) is 0.972. The van der Waals surface area contributed by atoms with Crippen molar-refractivity contribution in [2.75, 3.05) is 6.26 Å². The number of aromatic nitrogens is 1. The molecule has 4 heteroatoms. The van der Waals surface area contributed by atoms with Gasteiger partial charge < -0.3 is 0 Å². The third-order valence-electron chi connectivity index (χ3n) is 2.43. The van der Waals surface area contributed by atoms with E-state index in [-0.39, 0.29) is 0 Å². The van der Waals surface area contributed by atoms with E-state index < -0.39 is 10.0 Å². The molecule has 0 saturated heterocycles. The maximum absolute atomic E-state index is 11.7. The largest absolute Gasteiger partial charge is 0.242 e. The number of hydrogen-bond acceptors (Lipinski definition) is 2. The highest BCUT2D eigenvalue weighted by Gasteiger charge is 2.14. The van der Waals surface area contributed by atoms with Crippen molar-refractivity contribution in [3.63, 3.8) is 0 Å². The van der Waals surface area contributed by atoms with E-state index in [1.165, 1.54) is 10.2 Å². The Hall–Kier alpha value is -1.29. The van der Waals surface area contributed by atoms with E-state index in [1.807, 2.05) is 37.3 Å². The molecular formula is C11H13NO2S. The molecule has 0 bridgehead atoms. The van der Waals surface area contributed by atoms with Crippen molar-refractivity contribution < 1.29 is 8.42 Å². The van der Waals surface area contributed by atoms with Crippen molar-refractivity contribution >= 4 is 20.9 Å². The van der Waals surface area contributed by atoms with E-state index >= 15 is 0 Å². The van der Waals surface area contributed by atoms with Crippen LogP contribution in [0.15, 0.2) is 30.3 Å². The summed E-state index contributed by atoms with van der Waals surface area (Å²) in [5.41, 5.74) is 1.59. The smallest absolute Gasteiger partial charge is 0.236 e. The van der Waals surface area contributed by atoms with Gasteiger partial charge in [-0.1, -0.05) is 25.1 Å². The van der Waals surface area contributed by atoms with Gasteiger partial charge in [0.15, 0.2) is 0 Å². The van der Waals surface area contributed by atoms with Gasteiger partial charge in [0.1, 0.15) is 0 Å². The third-order valence-corrected chi connectivity index (χ3v) is 3.53. The van der Waals surface area contributed by atoms with E-state index in [9.17, 15) is 8.42 Å². The minimum Gasteiger partial charge on any atom is -0.242 e. The van der Waals surface area contributed by atoms with E-state index in [4.69, 9.17) is 0 Å². The standard InChI is InChI=1S/C11H13NO2S/c1-3-10-8-9-6-4-5-7-11(9)12(10)15(2,13)14/h4-8H,3H2,1-2H3. The first-order chi connectivity index (χ1) is 7.04. The van der Waals surface area contributed by atoms with Gasteiger partial charge in [-0.15, -0.1) is 0 Å². The van der Waals surface area contributed by atoms with Crippen LogP contribution in [-0.4, -0.2) is 18.6 Å². The van der Waals surface area contributed by atoms with Gasteiger partial charge in [0.05, 0.1) is 11.8 Å². The number of rotatable bonds is 2. The zero-order valence-corrected chi connectivity index (χ0v) is 9.58. The molecule has 2 aromatic rings. The van der Waals surface area contributed by atoms with Crippen LogP contribution in [0.25, 0.3) is 10.9 Å². The number of benzene rings is 1. The Morgan fingerprint density at radius 3 is 2.53 bits per heavy atom. The van der Waals surface area contributed by atoms with Crippen molar-refractivity contribution in [1.82, 2.24) is 3.97 Å². The van der Waals surface area contributed by atoms with Crippen LogP contribution in [0.2, 0.25) is 0 Å². The van der Waals surface area contributed by atoms with E-state index in [1.54, 1.807) is 0 Å². The van der Waals surface area contributed by atoms with Crippen molar-refractivity contribution in [1.29, 1.82) is 0 Å². The summed E-state index contributed by atoms with van der Waals surface area (Å²) >= 11 is 0. The number of hydrogen-bond donors (Lipinski definition) is 0. The first kappa shape index (κ1) is 10.2. The van der Waals surface area contributed by atoms with Crippen molar-refractivity contribution in [3.8, 4) is 0 Å². The van der Waals surface area contributed by atoms with Crippen molar-refractivity contribution in [3.05, 3.63) is 36.0 Å². The molecule has 1 aromatic carbocycles. The van der Waals surface area contributed by atoms with Crippen LogP contribution in [0.1, 0.15) is 12.6 Å². The molecule has 0 amide bonds. The normalized spacial score (nSPS) is 12.1. The van der Waals surface area contributed by atoms with Gasteiger partial charge >= 0.3 is 0 Å². The highest BCUT2D eigenvalue weighted by molar-refractivity contribution is 7.89. The fourth-order valence-corrected chi connectivity index (χ4v) is 2.96. The minimum absolute atomic E-state index is 0.710. The van der Waals surface area contributed by atoms with E-state index in [0.717, 1.165) is 16.6 Å². The molecule has 1 heterocycles. The zero-order valence-electron chi connectivity index (χ0n) is 8.77. The molecule has 0 unspecified atom stereocenters. The number of fused-ring (bicyclic) bond motifs is 1. The summed E-state index contributed by atoms with van der Waals surface area (Å²) in [7, 11) is -3.21. The lowest BCUT2D eigenvalue weighted by atomic mass is 10.2. The average molecular weight is 223 g/mol. The summed E-state index contributed by atoms with van der Waals surface area (Å²) in [5.74, 6) is 0. The van der Waals surface area contributed by atoms with E-state index in [2.05, 4.69) is 0 Å². The van der Waals surface area contributed by atoms with Crippen LogP contribution < -0.4 is 0 Å². The van der Waals surface area contributed by atoms with Gasteiger partial charge in [-0.25, -0.2) is 12.4 Å². The molecule has 0 spiro atoms.